The van der Waals surface area contributed by atoms with Crippen LogP contribution in [0.2, 0.25) is 0 Å². The van der Waals surface area contributed by atoms with E-state index in [1.165, 1.54) is 6.92 Å². The van der Waals surface area contributed by atoms with Crippen LogP contribution in [0.1, 0.15) is 23.1 Å². The molecule has 1 heterocycles. The van der Waals surface area contributed by atoms with Crippen LogP contribution in [0.15, 0.2) is 30.6 Å². The summed E-state index contributed by atoms with van der Waals surface area (Å²) in [5.41, 5.74) is 2.04. The maximum Gasteiger partial charge on any atom is 0.217 e. The van der Waals surface area contributed by atoms with Crippen LogP contribution in [0, 0.1) is 6.92 Å². The van der Waals surface area contributed by atoms with Gasteiger partial charge in [0.2, 0.25) is 5.82 Å². The van der Waals surface area contributed by atoms with Crippen LogP contribution in [-0.2, 0) is 0 Å². The minimum atomic E-state index is -0.123. The Morgan fingerprint density at radius 1 is 1.33 bits per heavy atom. The number of nitrogens with zero attached hydrogens (tertiary/aromatic N) is 3. The van der Waals surface area contributed by atoms with Crippen molar-refractivity contribution in [3.63, 3.8) is 0 Å². The van der Waals surface area contributed by atoms with Gasteiger partial charge < -0.3 is 0 Å². The number of para-hydroxylation sites is 1. The van der Waals surface area contributed by atoms with E-state index in [9.17, 15) is 4.79 Å². The van der Waals surface area contributed by atoms with Gasteiger partial charge in [-0.3, -0.25) is 4.79 Å². The molecule has 0 spiro atoms. The second-order valence-corrected chi connectivity index (χ2v) is 3.36. The molecule has 0 aliphatic heterocycles. The molecule has 0 unspecified atom stereocenters. The SMILES string of the molecule is CC(=O)c1ncn(-c2ccccc2C)n1. The maximum atomic E-state index is 11.0. The van der Waals surface area contributed by atoms with Crippen LogP contribution >= 0.6 is 0 Å². The van der Waals surface area contributed by atoms with Gasteiger partial charge in [-0.15, -0.1) is 5.10 Å². The van der Waals surface area contributed by atoms with Crippen LogP contribution in [0.25, 0.3) is 5.69 Å². The number of rotatable bonds is 2. The summed E-state index contributed by atoms with van der Waals surface area (Å²) >= 11 is 0. The number of benzene rings is 1. The molecule has 1 aromatic heterocycles. The largest absolute Gasteiger partial charge is 0.291 e. The molecule has 0 bridgehead atoms. The minimum Gasteiger partial charge on any atom is -0.291 e. The molecule has 1 aromatic carbocycles. The molecule has 15 heavy (non-hydrogen) atoms. The second kappa shape index (κ2) is 3.65. The molecular formula is C11H11N3O. The lowest BCUT2D eigenvalue weighted by atomic mass is 10.2. The monoisotopic (exact) mass is 201 g/mol. The number of ketones is 1. The Labute approximate surface area is 87.6 Å². The molecule has 0 radical (unpaired) electrons. The van der Waals surface area contributed by atoms with E-state index < -0.39 is 0 Å². The summed E-state index contributed by atoms with van der Waals surface area (Å²) in [6, 6.07) is 7.82. The van der Waals surface area contributed by atoms with E-state index in [1.807, 2.05) is 31.2 Å². The Kier molecular flexibility index (Phi) is 2.33. The first-order chi connectivity index (χ1) is 7.18. The standard InChI is InChI=1S/C11H11N3O/c1-8-5-3-4-6-10(8)14-7-12-11(13-14)9(2)15/h3-7H,1-2H3. The number of aryl methyl sites for hydroxylation is 1. The average Bonchev–Trinajstić information content (AvgIpc) is 2.67. The zero-order chi connectivity index (χ0) is 10.8. The highest BCUT2D eigenvalue weighted by Gasteiger charge is 2.07. The van der Waals surface area contributed by atoms with Crippen molar-refractivity contribution in [2.75, 3.05) is 0 Å². The number of hydrogen-bond acceptors (Lipinski definition) is 3. The molecule has 0 amide bonds. The summed E-state index contributed by atoms with van der Waals surface area (Å²) in [6.07, 6.45) is 1.55. The van der Waals surface area contributed by atoms with Crippen LogP contribution in [0.5, 0.6) is 0 Å². The molecule has 0 aliphatic carbocycles. The van der Waals surface area contributed by atoms with Crippen molar-refractivity contribution in [2.24, 2.45) is 0 Å². The van der Waals surface area contributed by atoms with Crippen molar-refractivity contribution in [3.05, 3.63) is 42.0 Å². The molecule has 4 nitrogen and oxygen atoms in total. The van der Waals surface area contributed by atoms with Crippen LogP contribution in [-0.4, -0.2) is 20.5 Å². The van der Waals surface area contributed by atoms with Gasteiger partial charge in [0.15, 0.2) is 5.78 Å². The zero-order valence-electron chi connectivity index (χ0n) is 8.64. The first-order valence-corrected chi connectivity index (χ1v) is 4.67. The fraction of sp³-hybridized carbons (Fsp3) is 0.182. The van der Waals surface area contributed by atoms with Crippen LogP contribution in [0.4, 0.5) is 0 Å². The van der Waals surface area contributed by atoms with Crippen molar-refractivity contribution in [3.8, 4) is 5.69 Å². The lowest BCUT2D eigenvalue weighted by Gasteiger charge is -2.02. The third kappa shape index (κ3) is 1.79. The molecule has 0 fully saturated rings. The van der Waals surface area contributed by atoms with Gasteiger partial charge in [-0.1, -0.05) is 18.2 Å². The van der Waals surface area contributed by atoms with Crippen molar-refractivity contribution >= 4 is 5.78 Å². The van der Waals surface area contributed by atoms with Gasteiger partial charge in [0.05, 0.1) is 5.69 Å². The molecule has 2 aromatic rings. The first-order valence-electron chi connectivity index (χ1n) is 4.67. The molecule has 0 aliphatic rings. The summed E-state index contributed by atoms with van der Waals surface area (Å²) in [5.74, 6) is 0.126. The molecular weight excluding hydrogens is 190 g/mol. The van der Waals surface area contributed by atoms with Crippen molar-refractivity contribution in [1.82, 2.24) is 14.8 Å². The number of hydrogen-bond donors (Lipinski definition) is 0. The lowest BCUT2D eigenvalue weighted by Crippen LogP contribution is -2.00. The number of carbonyl (C=O) groups is 1. The van der Waals surface area contributed by atoms with E-state index >= 15 is 0 Å². The highest BCUT2D eigenvalue weighted by molar-refractivity contribution is 5.90. The highest BCUT2D eigenvalue weighted by Crippen LogP contribution is 2.11. The van der Waals surface area contributed by atoms with Crippen molar-refractivity contribution < 1.29 is 4.79 Å². The quantitative estimate of drug-likeness (QED) is 0.696. The second-order valence-electron chi connectivity index (χ2n) is 3.36. The predicted octanol–water partition coefficient (Wildman–Crippen LogP) is 1.78. The minimum absolute atomic E-state index is 0.123. The molecule has 0 atom stereocenters. The summed E-state index contributed by atoms with van der Waals surface area (Å²) in [5, 5.41) is 4.10. The maximum absolute atomic E-state index is 11.0. The Morgan fingerprint density at radius 3 is 2.67 bits per heavy atom. The third-order valence-electron chi connectivity index (χ3n) is 2.17. The van der Waals surface area contributed by atoms with Gasteiger partial charge in [-0.05, 0) is 18.6 Å². The molecule has 0 saturated heterocycles. The fourth-order valence-corrected chi connectivity index (χ4v) is 1.36. The van der Waals surface area contributed by atoms with Gasteiger partial charge in [0, 0.05) is 6.92 Å². The number of Topliss-reactive ketones (excluding diaryl/α,β-unsaturated/α-hetero) is 1. The molecule has 0 saturated carbocycles. The van der Waals surface area contributed by atoms with Crippen LogP contribution < -0.4 is 0 Å². The Hall–Kier alpha value is -1.97. The topological polar surface area (TPSA) is 47.8 Å². The Morgan fingerprint density at radius 2 is 2.07 bits per heavy atom. The van der Waals surface area contributed by atoms with E-state index in [1.54, 1.807) is 11.0 Å². The number of aromatic nitrogens is 3. The van der Waals surface area contributed by atoms with Gasteiger partial charge in [-0.25, -0.2) is 9.67 Å². The van der Waals surface area contributed by atoms with E-state index in [0.717, 1.165) is 11.3 Å². The summed E-state index contributed by atoms with van der Waals surface area (Å²) in [7, 11) is 0. The summed E-state index contributed by atoms with van der Waals surface area (Å²) in [6.45, 7) is 3.45. The average molecular weight is 201 g/mol. The fourth-order valence-electron chi connectivity index (χ4n) is 1.36. The van der Waals surface area contributed by atoms with E-state index in [0.29, 0.717) is 0 Å². The Balaban J connectivity index is 2.46. The van der Waals surface area contributed by atoms with E-state index in [2.05, 4.69) is 10.1 Å². The first kappa shape index (κ1) is 9.58. The summed E-state index contributed by atoms with van der Waals surface area (Å²) in [4.78, 5) is 15.0. The predicted molar refractivity (Wildman–Crippen MR) is 56.1 cm³/mol. The number of carbonyl (C=O) groups excluding carboxylic acids is 1. The molecule has 2 rings (SSSR count). The third-order valence-corrected chi connectivity index (χ3v) is 2.17. The van der Waals surface area contributed by atoms with E-state index in [-0.39, 0.29) is 11.6 Å². The molecule has 76 valence electrons. The van der Waals surface area contributed by atoms with Gasteiger partial charge >= 0.3 is 0 Å². The highest BCUT2D eigenvalue weighted by atomic mass is 16.1. The summed E-state index contributed by atoms with van der Waals surface area (Å²) < 4.78 is 1.62. The van der Waals surface area contributed by atoms with Crippen LogP contribution in [0.3, 0.4) is 0 Å². The smallest absolute Gasteiger partial charge is 0.217 e. The van der Waals surface area contributed by atoms with Crippen molar-refractivity contribution in [2.45, 2.75) is 13.8 Å². The molecule has 4 heteroatoms. The van der Waals surface area contributed by atoms with Gasteiger partial charge in [0.1, 0.15) is 6.33 Å². The molecule has 0 N–H and O–H groups in total. The van der Waals surface area contributed by atoms with E-state index in [4.69, 9.17) is 0 Å². The Bertz CT molecular complexity index is 502. The van der Waals surface area contributed by atoms with Crippen molar-refractivity contribution in [1.29, 1.82) is 0 Å². The normalized spacial score (nSPS) is 10.3. The lowest BCUT2D eigenvalue weighted by molar-refractivity contribution is 0.100. The van der Waals surface area contributed by atoms with Gasteiger partial charge in [0.25, 0.3) is 0 Å². The zero-order valence-corrected chi connectivity index (χ0v) is 8.64. The van der Waals surface area contributed by atoms with Gasteiger partial charge in [-0.2, -0.15) is 0 Å².